The maximum atomic E-state index is 13.0. The molecule has 1 saturated carbocycles. The standard InChI is InChI=1S/C36H35N7O/c1-23-30(4-3-5-33(23)43-21-28-13-12-27(24-6-7-24)18-29(28)20-39-43)34-31-19-32(40-35(31)38-22-37-34)25-8-10-26(11-9-25)36(44)42-16-14-41(2)15-17-42/h3-5,8-13,18-20,22,24H,6-7,14-17,21H2,1-2H3,(H,37,38,40). The lowest BCUT2D eigenvalue weighted by Gasteiger charge is -2.32. The van der Waals surface area contributed by atoms with Gasteiger partial charge < -0.3 is 14.8 Å². The molecule has 1 N–H and O–H groups in total. The maximum Gasteiger partial charge on any atom is 0.253 e. The second kappa shape index (κ2) is 10.7. The predicted molar refractivity (Wildman–Crippen MR) is 175 cm³/mol. The molecule has 0 bridgehead atoms. The van der Waals surface area contributed by atoms with Crippen molar-refractivity contribution in [2.45, 2.75) is 32.2 Å². The summed E-state index contributed by atoms with van der Waals surface area (Å²) in [5, 5.41) is 7.90. The minimum absolute atomic E-state index is 0.0920. The van der Waals surface area contributed by atoms with E-state index >= 15 is 0 Å². The molecule has 220 valence electrons. The zero-order chi connectivity index (χ0) is 29.8. The summed E-state index contributed by atoms with van der Waals surface area (Å²) < 4.78 is 0. The summed E-state index contributed by atoms with van der Waals surface area (Å²) in [5.74, 6) is 0.828. The van der Waals surface area contributed by atoms with Gasteiger partial charge in [0.15, 0.2) is 0 Å². The van der Waals surface area contributed by atoms with Gasteiger partial charge in [0.05, 0.1) is 24.1 Å². The van der Waals surface area contributed by atoms with Crippen molar-refractivity contribution < 1.29 is 4.79 Å². The van der Waals surface area contributed by atoms with Crippen LogP contribution in [0.4, 0.5) is 5.69 Å². The largest absolute Gasteiger partial charge is 0.339 e. The van der Waals surface area contributed by atoms with E-state index < -0.39 is 0 Å². The topological polar surface area (TPSA) is 80.7 Å². The molecule has 5 aromatic rings. The van der Waals surface area contributed by atoms with Crippen LogP contribution in [-0.2, 0) is 6.54 Å². The SMILES string of the molecule is Cc1c(-c2ncnc3[nH]c(-c4ccc(C(=O)N5CCN(C)CC5)cc4)cc23)cccc1N1Cc2ccc(C3CC3)cc2C=N1. The van der Waals surface area contributed by atoms with E-state index in [1.165, 1.54) is 29.5 Å². The van der Waals surface area contributed by atoms with E-state index in [0.717, 1.165) is 83.4 Å². The lowest BCUT2D eigenvalue weighted by molar-refractivity contribution is 0.0664. The van der Waals surface area contributed by atoms with Gasteiger partial charge in [-0.25, -0.2) is 9.97 Å². The fourth-order valence-corrected chi connectivity index (χ4v) is 6.48. The summed E-state index contributed by atoms with van der Waals surface area (Å²) >= 11 is 0. The van der Waals surface area contributed by atoms with Crippen molar-refractivity contribution in [3.8, 4) is 22.5 Å². The normalized spacial score (nSPS) is 16.9. The van der Waals surface area contributed by atoms with Gasteiger partial charge in [-0.2, -0.15) is 5.10 Å². The van der Waals surface area contributed by atoms with E-state index in [9.17, 15) is 4.79 Å². The van der Waals surface area contributed by atoms with Crippen LogP contribution in [0, 0.1) is 6.92 Å². The zero-order valence-electron chi connectivity index (χ0n) is 25.1. The van der Waals surface area contributed by atoms with Crippen LogP contribution in [0.25, 0.3) is 33.5 Å². The number of benzene rings is 3. The van der Waals surface area contributed by atoms with E-state index in [-0.39, 0.29) is 5.91 Å². The number of aromatic nitrogens is 3. The molecule has 1 aliphatic carbocycles. The summed E-state index contributed by atoms with van der Waals surface area (Å²) in [4.78, 5) is 30.0. The molecule has 44 heavy (non-hydrogen) atoms. The molecule has 4 heterocycles. The minimum Gasteiger partial charge on any atom is -0.339 e. The van der Waals surface area contributed by atoms with Crippen LogP contribution in [0.3, 0.4) is 0 Å². The Bertz CT molecular complexity index is 1910. The molecule has 3 aliphatic rings. The number of piperazine rings is 1. The molecule has 3 aromatic carbocycles. The Balaban J connectivity index is 1.07. The van der Waals surface area contributed by atoms with Crippen LogP contribution in [0.15, 0.2) is 78.2 Å². The highest BCUT2D eigenvalue weighted by Gasteiger charge is 2.25. The number of rotatable bonds is 5. The van der Waals surface area contributed by atoms with Gasteiger partial charge in [-0.05, 0) is 90.9 Å². The lowest BCUT2D eigenvalue weighted by atomic mass is 9.99. The average molecular weight is 582 g/mol. The maximum absolute atomic E-state index is 13.0. The number of hydrogen-bond acceptors (Lipinski definition) is 6. The smallest absolute Gasteiger partial charge is 0.253 e. The highest BCUT2D eigenvalue weighted by atomic mass is 16.2. The Kier molecular flexibility index (Phi) is 6.52. The monoisotopic (exact) mass is 581 g/mol. The lowest BCUT2D eigenvalue weighted by Crippen LogP contribution is -2.47. The van der Waals surface area contributed by atoms with E-state index in [1.807, 2.05) is 35.4 Å². The Morgan fingerprint density at radius 3 is 2.55 bits per heavy atom. The van der Waals surface area contributed by atoms with Crippen LogP contribution < -0.4 is 5.01 Å². The number of likely N-dealkylation sites (N-methyl/N-ethyl adjacent to an activating group) is 1. The first-order valence-electron chi connectivity index (χ1n) is 15.5. The van der Waals surface area contributed by atoms with Gasteiger partial charge in [-0.15, -0.1) is 0 Å². The molecule has 0 radical (unpaired) electrons. The van der Waals surface area contributed by atoms with E-state index in [1.54, 1.807) is 6.33 Å². The first kappa shape index (κ1) is 26.8. The van der Waals surface area contributed by atoms with Crippen LogP contribution in [-0.4, -0.2) is 70.1 Å². The van der Waals surface area contributed by atoms with E-state index in [4.69, 9.17) is 10.1 Å². The number of nitrogens with zero attached hydrogens (tertiary/aromatic N) is 6. The van der Waals surface area contributed by atoms with Crippen molar-refractivity contribution in [3.05, 3.63) is 101 Å². The molecule has 0 atom stereocenters. The highest BCUT2D eigenvalue weighted by Crippen LogP contribution is 2.41. The molecule has 2 fully saturated rings. The van der Waals surface area contributed by atoms with Crippen molar-refractivity contribution >= 4 is 28.8 Å². The molecule has 2 aliphatic heterocycles. The van der Waals surface area contributed by atoms with Crippen LogP contribution in [0.2, 0.25) is 0 Å². The Hall–Kier alpha value is -4.82. The molecule has 1 saturated heterocycles. The first-order valence-corrected chi connectivity index (χ1v) is 15.5. The first-order chi connectivity index (χ1) is 21.5. The molecular weight excluding hydrogens is 546 g/mol. The van der Waals surface area contributed by atoms with E-state index in [2.05, 4.69) is 76.3 Å². The van der Waals surface area contributed by atoms with E-state index in [0.29, 0.717) is 5.56 Å². The third-order valence-electron chi connectivity index (χ3n) is 9.37. The van der Waals surface area contributed by atoms with Crippen molar-refractivity contribution in [2.75, 3.05) is 38.2 Å². The zero-order valence-corrected chi connectivity index (χ0v) is 25.1. The minimum atomic E-state index is 0.0920. The van der Waals surface area contributed by atoms with Crippen molar-refractivity contribution in [2.24, 2.45) is 5.10 Å². The number of aromatic amines is 1. The van der Waals surface area contributed by atoms with Crippen LogP contribution in [0.5, 0.6) is 0 Å². The summed E-state index contributed by atoms with van der Waals surface area (Å²) in [5.41, 5.74) is 11.5. The quantitative estimate of drug-likeness (QED) is 0.267. The van der Waals surface area contributed by atoms with Gasteiger partial charge in [0.1, 0.15) is 12.0 Å². The van der Waals surface area contributed by atoms with Gasteiger partial charge in [0.25, 0.3) is 5.91 Å². The second-order valence-electron chi connectivity index (χ2n) is 12.3. The number of fused-ring (bicyclic) bond motifs is 2. The Morgan fingerprint density at radius 1 is 0.932 bits per heavy atom. The molecule has 1 amide bonds. The van der Waals surface area contributed by atoms with Crippen molar-refractivity contribution in [1.82, 2.24) is 24.8 Å². The van der Waals surface area contributed by atoms with Gasteiger partial charge in [0, 0.05) is 48.4 Å². The number of hydrazone groups is 1. The molecule has 0 spiro atoms. The number of H-pyrrole nitrogens is 1. The molecule has 2 aromatic heterocycles. The predicted octanol–water partition coefficient (Wildman–Crippen LogP) is 6.22. The molecular formula is C36H35N7O. The number of nitrogens with one attached hydrogen (secondary N) is 1. The molecule has 8 rings (SSSR count). The number of amides is 1. The van der Waals surface area contributed by atoms with Crippen LogP contribution >= 0.6 is 0 Å². The number of hydrogen-bond donors (Lipinski definition) is 1. The fraction of sp³-hybridized carbons (Fsp3) is 0.278. The van der Waals surface area contributed by atoms with Crippen LogP contribution in [0.1, 0.15) is 51.4 Å². The third-order valence-corrected chi connectivity index (χ3v) is 9.37. The molecule has 0 unspecified atom stereocenters. The van der Waals surface area contributed by atoms with Crippen molar-refractivity contribution in [1.29, 1.82) is 0 Å². The van der Waals surface area contributed by atoms with Gasteiger partial charge >= 0.3 is 0 Å². The van der Waals surface area contributed by atoms with Gasteiger partial charge in [-0.3, -0.25) is 9.80 Å². The summed E-state index contributed by atoms with van der Waals surface area (Å²) in [6, 6.07) is 23.2. The molecule has 8 heteroatoms. The number of carbonyl (C=O) groups excluding carboxylic acids is 1. The van der Waals surface area contributed by atoms with Gasteiger partial charge in [-0.1, -0.05) is 36.4 Å². The Morgan fingerprint density at radius 2 is 1.75 bits per heavy atom. The third kappa shape index (κ3) is 4.85. The summed E-state index contributed by atoms with van der Waals surface area (Å²) in [6.45, 7) is 6.22. The average Bonchev–Trinajstić information content (AvgIpc) is 3.82. The number of anilines is 1. The highest BCUT2D eigenvalue weighted by molar-refractivity contribution is 5.97. The van der Waals surface area contributed by atoms with Crippen molar-refractivity contribution in [3.63, 3.8) is 0 Å². The second-order valence-corrected chi connectivity index (χ2v) is 12.3. The summed E-state index contributed by atoms with van der Waals surface area (Å²) in [6.07, 6.45) is 6.23. The summed E-state index contributed by atoms with van der Waals surface area (Å²) in [7, 11) is 2.09. The Labute approximate surface area is 257 Å². The number of carbonyl (C=O) groups is 1. The molecule has 8 nitrogen and oxygen atoms in total. The van der Waals surface area contributed by atoms with Gasteiger partial charge in [0.2, 0.25) is 0 Å². The fourth-order valence-electron chi connectivity index (χ4n) is 6.48.